The van der Waals surface area contributed by atoms with E-state index >= 15 is 0 Å². The highest BCUT2D eigenvalue weighted by Gasteiger charge is 2.45. The highest BCUT2D eigenvalue weighted by molar-refractivity contribution is 9.11. The van der Waals surface area contributed by atoms with E-state index in [-0.39, 0.29) is 11.2 Å². The molecule has 0 amide bonds. The first-order valence-electron chi connectivity index (χ1n) is 10.1. The van der Waals surface area contributed by atoms with Crippen LogP contribution in [0.2, 0.25) is 0 Å². The Balaban J connectivity index is 2.02. The first-order chi connectivity index (χ1) is 14.3. The lowest BCUT2D eigenvalue weighted by Gasteiger charge is -2.44. The number of carbonyl (C=O) groups is 1. The number of hydrogen-bond donors (Lipinski definition) is 1. The first kappa shape index (κ1) is 20.9. The zero-order valence-electron chi connectivity index (χ0n) is 17.3. The molecule has 1 aliphatic carbocycles. The maximum Gasteiger partial charge on any atom is 0.162 e. The number of carbonyl (C=O) groups excluding carboxylic acids is 1. The summed E-state index contributed by atoms with van der Waals surface area (Å²) in [6.07, 6.45) is 2.04. The second-order valence-corrected chi connectivity index (χ2v) is 11.1. The number of Topliss-reactive ketones (excluding diaryl/α,β-unsaturated/α-hetero) is 1. The van der Waals surface area contributed by atoms with Crippen LogP contribution in [-0.4, -0.2) is 5.78 Å². The molecular weight excluding hydrogens is 458 g/mol. The molecule has 154 valence electrons. The van der Waals surface area contributed by atoms with Crippen LogP contribution in [-0.2, 0) is 11.2 Å². The number of para-hydroxylation sites is 1. The van der Waals surface area contributed by atoms with Gasteiger partial charge >= 0.3 is 0 Å². The number of halogens is 1. The average Bonchev–Trinajstić information content (AvgIpc) is 3.12. The molecule has 2 aromatic rings. The zero-order valence-corrected chi connectivity index (χ0v) is 19.7. The van der Waals surface area contributed by atoms with Gasteiger partial charge in [0.25, 0.3) is 0 Å². The standard InChI is InChI=1S/C24H24BrN3OS/c1-4-14-7-5-6-8-16(14)28-17-11-24(2,3)12-18(29)22(17)21(15(13-26)23(28)27)19-9-10-20(25)30-19/h5-10,21H,4,11-12,27H2,1-3H3. The number of benzene rings is 1. The summed E-state index contributed by atoms with van der Waals surface area (Å²) in [5, 5.41) is 10.1. The molecule has 0 saturated heterocycles. The zero-order chi connectivity index (χ0) is 21.6. The summed E-state index contributed by atoms with van der Waals surface area (Å²) in [5.74, 6) is 0.127. The van der Waals surface area contributed by atoms with Crippen LogP contribution in [0, 0.1) is 16.7 Å². The van der Waals surface area contributed by atoms with Crippen molar-refractivity contribution >= 4 is 38.7 Å². The number of aryl methyl sites for hydroxylation is 1. The molecule has 4 nitrogen and oxygen atoms in total. The molecular formula is C24H24BrN3OS. The van der Waals surface area contributed by atoms with Gasteiger partial charge in [-0.2, -0.15) is 5.26 Å². The van der Waals surface area contributed by atoms with Crippen molar-refractivity contribution in [1.82, 2.24) is 0 Å². The molecule has 1 aromatic heterocycles. The SMILES string of the molecule is CCc1ccccc1N1C(N)=C(C#N)C(c2ccc(Br)s2)C2=C1CC(C)(C)CC2=O. The quantitative estimate of drug-likeness (QED) is 0.582. The van der Waals surface area contributed by atoms with Gasteiger partial charge in [0.05, 0.1) is 27.0 Å². The van der Waals surface area contributed by atoms with E-state index in [0.29, 0.717) is 17.8 Å². The number of allylic oxidation sites excluding steroid dienone is 3. The Morgan fingerprint density at radius 1 is 1.27 bits per heavy atom. The van der Waals surface area contributed by atoms with Crippen molar-refractivity contribution < 1.29 is 4.79 Å². The Bertz CT molecular complexity index is 1140. The lowest BCUT2D eigenvalue weighted by molar-refractivity contribution is -0.118. The molecule has 30 heavy (non-hydrogen) atoms. The van der Waals surface area contributed by atoms with Crippen molar-refractivity contribution in [3.8, 4) is 6.07 Å². The summed E-state index contributed by atoms with van der Waals surface area (Å²) in [6.45, 7) is 6.34. The third-order valence-corrected chi connectivity index (χ3v) is 7.56. The van der Waals surface area contributed by atoms with E-state index in [2.05, 4.69) is 48.8 Å². The van der Waals surface area contributed by atoms with Crippen molar-refractivity contribution in [1.29, 1.82) is 5.26 Å². The highest BCUT2D eigenvalue weighted by atomic mass is 79.9. The van der Waals surface area contributed by atoms with E-state index in [1.54, 1.807) is 11.3 Å². The largest absolute Gasteiger partial charge is 0.384 e. The van der Waals surface area contributed by atoms with E-state index in [4.69, 9.17) is 5.73 Å². The second-order valence-electron chi connectivity index (χ2n) is 8.60. The summed E-state index contributed by atoms with van der Waals surface area (Å²) in [7, 11) is 0. The third-order valence-electron chi connectivity index (χ3n) is 5.87. The lowest BCUT2D eigenvalue weighted by Crippen LogP contribution is -2.42. The van der Waals surface area contributed by atoms with Crippen LogP contribution in [0.25, 0.3) is 0 Å². The number of rotatable bonds is 3. The summed E-state index contributed by atoms with van der Waals surface area (Å²) in [4.78, 5) is 16.4. The van der Waals surface area contributed by atoms with E-state index in [9.17, 15) is 10.1 Å². The minimum atomic E-state index is -0.407. The van der Waals surface area contributed by atoms with E-state index in [0.717, 1.165) is 44.0 Å². The van der Waals surface area contributed by atoms with Gasteiger partial charge in [-0.1, -0.05) is 39.0 Å². The summed E-state index contributed by atoms with van der Waals surface area (Å²) in [6, 6.07) is 14.4. The van der Waals surface area contributed by atoms with Gasteiger partial charge in [0.1, 0.15) is 5.82 Å². The summed E-state index contributed by atoms with van der Waals surface area (Å²) < 4.78 is 0.970. The van der Waals surface area contributed by atoms with Crippen LogP contribution in [0.5, 0.6) is 0 Å². The molecule has 1 atom stereocenters. The van der Waals surface area contributed by atoms with E-state index in [1.807, 2.05) is 35.2 Å². The van der Waals surface area contributed by atoms with Crippen LogP contribution in [0.3, 0.4) is 0 Å². The molecule has 6 heteroatoms. The Morgan fingerprint density at radius 3 is 2.63 bits per heavy atom. The maximum absolute atomic E-state index is 13.5. The smallest absolute Gasteiger partial charge is 0.162 e. The molecule has 4 rings (SSSR count). The summed E-state index contributed by atoms with van der Waals surface area (Å²) >= 11 is 5.07. The minimum Gasteiger partial charge on any atom is -0.384 e. The number of nitrogens with two attached hydrogens (primary N) is 1. The molecule has 2 aliphatic rings. The van der Waals surface area contributed by atoms with Crippen molar-refractivity contribution in [3.05, 3.63) is 73.3 Å². The Labute approximate surface area is 189 Å². The highest BCUT2D eigenvalue weighted by Crippen LogP contribution is 2.51. The first-order valence-corrected chi connectivity index (χ1v) is 11.7. The van der Waals surface area contributed by atoms with Crippen molar-refractivity contribution in [3.63, 3.8) is 0 Å². The molecule has 1 unspecified atom stereocenters. The molecule has 0 saturated carbocycles. The number of hydrogen-bond acceptors (Lipinski definition) is 5. The van der Waals surface area contributed by atoms with Gasteiger partial charge in [-0.25, -0.2) is 0 Å². The Kier molecular flexibility index (Phi) is 5.37. The van der Waals surface area contributed by atoms with Gasteiger partial charge in [-0.15, -0.1) is 11.3 Å². The van der Waals surface area contributed by atoms with Crippen LogP contribution in [0.1, 0.15) is 50.0 Å². The fraction of sp³-hybridized carbons (Fsp3) is 0.333. The molecule has 1 aliphatic heterocycles. The Hall–Kier alpha value is -2.36. The minimum absolute atomic E-state index is 0.106. The Morgan fingerprint density at radius 2 is 2.00 bits per heavy atom. The number of anilines is 1. The number of nitrogens with zero attached hydrogens (tertiary/aromatic N) is 2. The summed E-state index contributed by atoms with van der Waals surface area (Å²) in [5.41, 5.74) is 10.7. The van der Waals surface area contributed by atoms with Gasteiger partial charge in [-0.05, 0) is 57.9 Å². The monoisotopic (exact) mass is 481 g/mol. The number of nitriles is 1. The molecule has 0 bridgehead atoms. The number of thiophene rings is 1. The average molecular weight is 482 g/mol. The second kappa shape index (κ2) is 7.72. The topological polar surface area (TPSA) is 70.1 Å². The van der Waals surface area contributed by atoms with E-state index in [1.165, 1.54) is 0 Å². The molecule has 0 radical (unpaired) electrons. The van der Waals surface area contributed by atoms with Crippen molar-refractivity contribution in [2.45, 2.75) is 46.0 Å². The fourth-order valence-electron chi connectivity index (χ4n) is 4.58. The maximum atomic E-state index is 13.5. The lowest BCUT2D eigenvalue weighted by atomic mass is 9.69. The molecule has 0 spiro atoms. The van der Waals surface area contributed by atoms with Crippen LogP contribution >= 0.6 is 27.3 Å². The van der Waals surface area contributed by atoms with Crippen LogP contribution in [0.4, 0.5) is 5.69 Å². The molecule has 2 N–H and O–H groups in total. The van der Waals surface area contributed by atoms with Crippen LogP contribution in [0.15, 0.2) is 62.8 Å². The fourth-order valence-corrected chi connectivity index (χ4v) is 6.12. The van der Waals surface area contributed by atoms with Crippen molar-refractivity contribution in [2.24, 2.45) is 11.1 Å². The molecule has 1 aromatic carbocycles. The number of ketones is 1. The normalized spacial score (nSPS) is 21.0. The van der Waals surface area contributed by atoms with Gasteiger partial charge in [-0.3, -0.25) is 9.69 Å². The molecule has 0 fully saturated rings. The van der Waals surface area contributed by atoms with Gasteiger partial charge in [0.15, 0.2) is 5.78 Å². The predicted octanol–water partition coefficient (Wildman–Crippen LogP) is 6.01. The third kappa shape index (κ3) is 3.40. The van der Waals surface area contributed by atoms with Crippen LogP contribution < -0.4 is 10.6 Å². The van der Waals surface area contributed by atoms with Gasteiger partial charge < -0.3 is 5.73 Å². The van der Waals surface area contributed by atoms with Gasteiger partial charge in [0.2, 0.25) is 0 Å². The van der Waals surface area contributed by atoms with Gasteiger partial charge in [0, 0.05) is 22.6 Å². The molecule has 2 heterocycles. The van der Waals surface area contributed by atoms with Crippen molar-refractivity contribution in [2.75, 3.05) is 4.90 Å². The predicted molar refractivity (Wildman–Crippen MR) is 125 cm³/mol. The van der Waals surface area contributed by atoms with E-state index < -0.39 is 5.92 Å².